The molecule has 0 amide bonds. The molecule has 0 radical (unpaired) electrons. The number of nitrogens with zero attached hydrogens (tertiary/aromatic N) is 2. The van der Waals surface area contributed by atoms with Gasteiger partial charge in [-0.25, -0.2) is 14.8 Å². The van der Waals surface area contributed by atoms with Gasteiger partial charge in [0.15, 0.2) is 0 Å². The van der Waals surface area contributed by atoms with E-state index in [4.69, 9.17) is 0 Å². The molecule has 0 spiro atoms. The van der Waals surface area contributed by atoms with Gasteiger partial charge in [-0.2, -0.15) is 0 Å². The predicted molar refractivity (Wildman–Crippen MR) is 71.8 cm³/mol. The molecule has 20 heavy (non-hydrogen) atoms. The highest BCUT2D eigenvalue weighted by molar-refractivity contribution is 7.78. The normalized spacial score (nSPS) is 12.1. The van der Waals surface area contributed by atoms with Crippen molar-refractivity contribution in [2.45, 2.75) is 12.7 Å². The molecule has 1 N–H and O–H groups in total. The lowest BCUT2D eigenvalue weighted by Crippen LogP contribution is -2.08. The summed E-state index contributed by atoms with van der Waals surface area (Å²) in [4.78, 5) is 19.1. The monoisotopic (exact) mass is 291 g/mol. The maximum Gasteiger partial charge on any atom is 0.339 e. The highest BCUT2D eigenvalue weighted by Crippen LogP contribution is 2.24. The van der Waals surface area contributed by atoms with Crippen LogP contribution in [0.4, 0.5) is 0 Å². The molecule has 0 aliphatic heterocycles. The van der Waals surface area contributed by atoms with Gasteiger partial charge in [0.05, 0.1) is 11.4 Å². The number of benzene rings is 1. The largest absolute Gasteiger partial charge is 0.772 e. The topological polar surface area (TPSA) is 103 Å². The van der Waals surface area contributed by atoms with E-state index in [9.17, 15) is 18.7 Å². The molecule has 0 aliphatic rings. The first-order chi connectivity index (χ1) is 9.49. The molecule has 0 saturated heterocycles. The number of carboxylic acid groups (broad SMARTS) is 1. The Hall–Kier alpha value is -2.12. The zero-order chi connectivity index (χ0) is 14.7. The third-order valence-electron chi connectivity index (χ3n) is 2.72. The quantitative estimate of drug-likeness (QED) is 0.857. The van der Waals surface area contributed by atoms with E-state index in [1.165, 1.54) is 0 Å². The van der Waals surface area contributed by atoms with Gasteiger partial charge in [0.25, 0.3) is 0 Å². The molecule has 1 atom stereocenters. The van der Waals surface area contributed by atoms with Gasteiger partial charge in [-0.1, -0.05) is 24.3 Å². The van der Waals surface area contributed by atoms with E-state index in [-0.39, 0.29) is 22.8 Å². The van der Waals surface area contributed by atoms with Crippen LogP contribution in [0.3, 0.4) is 0 Å². The number of carboxylic acids is 1. The lowest BCUT2D eigenvalue weighted by Gasteiger charge is -2.10. The molecule has 0 aliphatic carbocycles. The summed E-state index contributed by atoms with van der Waals surface area (Å²) in [6.07, 6.45) is 1.14. The second-order valence-electron chi connectivity index (χ2n) is 4.12. The minimum Gasteiger partial charge on any atom is -0.772 e. The van der Waals surface area contributed by atoms with E-state index in [0.29, 0.717) is 5.56 Å². The van der Waals surface area contributed by atoms with Crippen LogP contribution in [0, 0.1) is 6.92 Å². The number of hydrogen-bond acceptors (Lipinski definition) is 5. The van der Waals surface area contributed by atoms with Gasteiger partial charge >= 0.3 is 5.97 Å². The van der Waals surface area contributed by atoms with Gasteiger partial charge in [0, 0.05) is 11.8 Å². The lowest BCUT2D eigenvalue weighted by molar-refractivity contribution is 0.0697. The van der Waals surface area contributed by atoms with Gasteiger partial charge in [-0.3, -0.25) is 4.21 Å². The molecular formula is C13H11N2O4S-. The van der Waals surface area contributed by atoms with Crippen LogP contribution in [0.1, 0.15) is 21.7 Å². The van der Waals surface area contributed by atoms with E-state index in [0.717, 1.165) is 11.8 Å². The van der Waals surface area contributed by atoms with Crippen molar-refractivity contribution < 1.29 is 18.7 Å². The van der Waals surface area contributed by atoms with Crippen LogP contribution in [0.2, 0.25) is 0 Å². The van der Waals surface area contributed by atoms with Crippen LogP contribution in [0.5, 0.6) is 0 Å². The summed E-state index contributed by atoms with van der Waals surface area (Å²) in [7, 11) is 0. The molecule has 7 heteroatoms. The second-order valence-corrected chi connectivity index (χ2v) is 5.01. The summed E-state index contributed by atoms with van der Waals surface area (Å²) in [5.41, 5.74) is 1.67. The van der Waals surface area contributed by atoms with Crippen molar-refractivity contribution in [3.05, 3.63) is 47.4 Å². The molecular weight excluding hydrogens is 280 g/mol. The Morgan fingerprint density at radius 1 is 1.40 bits per heavy atom. The minimum atomic E-state index is -2.33. The highest BCUT2D eigenvalue weighted by atomic mass is 32.2. The fourth-order valence-corrected chi connectivity index (χ4v) is 2.14. The van der Waals surface area contributed by atoms with Crippen molar-refractivity contribution in [1.29, 1.82) is 0 Å². The summed E-state index contributed by atoms with van der Waals surface area (Å²) in [6.45, 7) is 1.83. The number of aromatic nitrogens is 2. The SMILES string of the molecule is Cc1ccccc1-c1nc(CS(=O)[O-])ncc1C(=O)O. The Morgan fingerprint density at radius 3 is 2.70 bits per heavy atom. The average molecular weight is 291 g/mol. The van der Waals surface area contributed by atoms with E-state index < -0.39 is 17.0 Å². The van der Waals surface area contributed by atoms with Crippen molar-refractivity contribution in [2.24, 2.45) is 0 Å². The van der Waals surface area contributed by atoms with Gasteiger partial charge in [0.2, 0.25) is 0 Å². The molecule has 1 unspecified atom stereocenters. The third kappa shape index (κ3) is 3.06. The summed E-state index contributed by atoms with van der Waals surface area (Å²) >= 11 is -2.33. The van der Waals surface area contributed by atoms with E-state index in [1.807, 2.05) is 19.1 Å². The molecule has 1 aromatic heterocycles. The first kappa shape index (κ1) is 14.3. The number of hydrogen-bond donors (Lipinski definition) is 1. The predicted octanol–water partition coefficient (Wildman–Crippen LogP) is 1.53. The first-order valence-corrected chi connectivity index (χ1v) is 6.94. The number of rotatable bonds is 4. The summed E-state index contributed by atoms with van der Waals surface area (Å²) in [5.74, 6) is -1.43. The molecule has 0 fully saturated rings. The summed E-state index contributed by atoms with van der Waals surface area (Å²) in [6, 6.07) is 7.16. The molecule has 104 valence electrons. The standard InChI is InChI=1S/C13H12N2O4S/c1-8-4-2-3-5-9(8)12-10(13(16)17)6-14-11(15-12)7-20(18)19/h2-6H,7H2,1H3,(H,16,17)(H,18,19)/p-1. The maximum absolute atomic E-state index is 11.2. The van der Waals surface area contributed by atoms with Crippen molar-refractivity contribution in [3.8, 4) is 11.3 Å². The van der Waals surface area contributed by atoms with Crippen LogP contribution < -0.4 is 0 Å². The summed E-state index contributed by atoms with van der Waals surface area (Å²) in [5, 5.41) is 9.19. The molecule has 1 heterocycles. The van der Waals surface area contributed by atoms with Crippen LogP contribution in [-0.4, -0.2) is 29.8 Å². The number of carbonyl (C=O) groups is 1. The van der Waals surface area contributed by atoms with E-state index >= 15 is 0 Å². The van der Waals surface area contributed by atoms with Crippen molar-refractivity contribution in [3.63, 3.8) is 0 Å². The van der Waals surface area contributed by atoms with Gasteiger partial charge in [-0.15, -0.1) is 0 Å². The van der Waals surface area contributed by atoms with Gasteiger partial charge in [-0.05, 0) is 23.6 Å². The van der Waals surface area contributed by atoms with Gasteiger partial charge in [0.1, 0.15) is 11.4 Å². The Kier molecular flexibility index (Phi) is 4.21. The number of aromatic carboxylic acids is 1. The second kappa shape index (κ2) is 5.89. The molecule has 2 rings (SSSR count). The zero-order valence-corrected chi connectivity index (χ0v) is 11.4. The molecule has 2 aromatic rings. The molecule has 0 bridgehead atoms. The minimum absolute atomic E-state index is 0.0558. The smallest absolute Gasteiger partial charge is 0.339 e. The maximum atomic E-state index is 11.2. The van der Waals surface area contributed by atoms with Crippen LogP contribution in [-0.2, 0) is 16.8 Å². The first-order valence-electron chi connectivity index (χ1n) is 5.70. The Bertz CT molecular complexity index is 688. The zero-order valence-electron chi connectivity index (χ0n) is 10.6. The fraction of sp³-hybridized carbons (Fsp3) is 0.154. The number of aryl methyl sites for hydroxylation is 1. The summed E-state index contributed by atoms with van der Waals surface area (Å²) < 4.78 is 21.4. The van der Waals surface area contributed by atoms with E-state index in [2.05, 4.69) is 9.97 Å². The van der Waals surface area contributed by atoms with Crippen molar-refractivity contribution >= 4 is 17.0 Å². The van der Waals surface area contributed by atoms with Crippen LogP contribution in [0.25, 0.3) is 11.3 Å². The molecule has 6 nitrogen and oxygen atoms in total. The van der Waals surface area contributed by atoms with Crippen LogP contribution in [0.15, 0.2) is 30.5 Å². The molecule has 0 saturated carbocycles. The third-order valence-corrected chi connectivity index (χ3v) is 3.21. The Balaban J connectivity index is 2.61. The molecule has 1 aromatic carbocycles. The van der Waals surface area contributed by atoms with E-state index in [1.54, 1.807) is 12.1 Å². The van der Waals surface area contributed by atoms with Crippen LogP contribution >= 0.6 is 0 Å². The van der Waals surface area contributed by atoms with Gasteiger partial charge < -0.3 is 9.66 Å². The fourth-order valence-electron chi connectivity index (χ4n) is 1.79. The lowest BCUT2D eigenvalue weighted by atomic mass is 10.0. The average Bonchev–Trinajstić information content (AvgIpc) is 2.38. The van der Waals surface area contributed by atoms with Crippen molar-refractivity contribution in [1.82, 2.24) is 9.97 Å². The Morgan fingerprint density at radius 2 is 2.10 bits per heavy atom. The Labute approximate surface area is 117 Å². The highest BCUT2D eigenvalue weighted by Gasteiger charge is 2.16. The van der Waals surface area contributed by atoms with Crippen molar-refractivity contribution in [2.75, 3.05) is 0 Å².